The molecule has 5 aliphatic rings. The highest BCUT2D eigenvalue weighted by Crippen LogP contribution is 2.91. The normalized spacial score (nSPS) is 62.6. The first-order valence-corrected chi connectivity index (χ1v) is 7.21. The first-order chi connectivity index (χ1) is 8.29. The molecule has 0 saturated heterocycles. The van der Waals surface area contributed by atoms with E-state index in [2.05, 4.69) is 20.8 Å². The topological polar surface area (TPSA) is 57.5 Å². The van der Waals surface area contributed by atoms with E-state index in [1.165, 1.54) is 0 Å². The molecule has 5 fully saturated rings. The fraction of sp³-hybridized carbons (Fsp3) is 0.933. The predicted octanol–water partition coefficient (Wildman–Crippen LogP) is 2.14. The SMILES string of the molecule is CC1(C)[C@H]2[C@H]3[C@H]4C[C@H]2[C@](C)(CC[C@@H]1O)[C@]34C(=O)O. The zero-order valence-corrected chi connectivity index (χ0v) is 11.3. The Balaban J connectivity index is 1.90. The van der Waals surface area contributed by atoms with Crippen LogP contribution in [-0.2, 0) is 4.79 Å². The van der Waals surface area contributed by atoms with Gasteiger partial charge in [0.2, 0.25) is 0 Å². The Morgan fingerprint density at radius 2 is 1.83 bits per heavy atom. The second-order valence-electron chi connectivity index (χ2n) is 7.97. The second-order valence-corrected chi connectivity index (χ2v) is 7.97. The van der Waals surface area contributed by atoms with Crippen molar-refractivity contribution in [2.45, 2.75) is 46.1 Å². The summed E-state index contributed by atoms with van der Waals surface area (Å²) in [6, 6.07) is 0. The first-order valence-electron chi connectivity index (χ1n) is 7.21. The van der Waals surface area contributed by atoms with Crippen molar-refractivity contribution in [3.05, 3.63) is 0 Å². The monoisotopic (exact) mass is 250 g/mol. The summed E-state index contributed by atoms with van der Waals surface area (Å²) in [5, 5.41) is 20.2. The maximum atomic E-state index is 11.9. The molecule has 0 aromatic rings. The van der Waals surface area contributed by atoms with Crippen molar-refractivity contribution in [2.24, 2.45) is 39.9 Å². The van der Waals surface area contributed by atoms with E-state index < -0.39 is 11.4 Å². The van der Waals surface area contributed by atoms with Crippen LogP contribution in [0.4, 0.5) is 0 Å². The number of rotatable bonds is 1. The third-order valence-electron chi connectivity index (χ3n) is 7.54. The Hall–Kier alpha value is -0.570. The van der Waals surface area contributed by atoms with Gasteiger partial charge in [0.15, 0.2) is 0 Å². The predicted molar refractivity (Wildman–Crippen MR) is 65.8 cm³/mol. The Bertz CT molecular complexity index is 457. The molecule has 0 spiro atoms. The number of hydrogen-bond donors (Lipinski definition) is 2. The summed E-state index contributed by atoms with van der Waals surface area (Å²) in [5.41, 5.74) is -0.608. The minimum absolute atomic E-state index is 0.0619. The maximum absolute atomic E-state index is 11.9. The average Bonchev–Trinajstić information content (AvgIpc) is 2.60. The van der Waals surface area contributed by atoms with Gasteiger partial charge in [-0.1, -0.05) is 20.8 Å². The minimum atomic E-state index is -0.558. The number of carboxylic acid groups (broad SMARTS) is 1. The van der Waals surface area contributed by atoms with Gasteiger partial charge in [0.25, 0.3) is 0 Å². The lowest BCUT2D eigenvalue weighted by Crippen LogP contribution is -2.38. The number of hydrogen-bond acceptors (Lipinski definition) is 2. The Labute approximate surface area is 108 Å². The van der Waals surface area contributed by atoms with Crippen LogP contribution in [0.3, 0.4) is 0 Å². The average molecular weight is 250 g/mol. The quantitative estimate of drug-likeness (QED) is 0.749. The summed E-state index contributed by atoms with van der Waals surface area (Å²) in [4.78, 5) is 11.9. The molecule has 3 nitrogen and oxygen atoms in total. The lowest BCUT2D eigenvalue weighted by molar-refractivity contribution is -0.149. The van der Waals surface area contributed by atoms with Crippen molar-refractivity contribution >= 4 is 5.97 Å². The van der Waals surface area contributed by atoms with E-state index in [0.717, 1.165) is 19.3 Å². The van der Waals surface area contributed by atoms with Crippen LogP contribution in [0.5, 0.6) is 0 Å². The summed E-state index contributed by atoms with van der Waals surface area (Å²) in [6.45, 7) is 6.50. The van der Waals surface area contributed by atoms with E-state index in [9.17, 15) is 15.0 Å². The molecule has 0 aromatic carbocycles. The van der Waals surface area contributed by atoms with Crippen LogP contribution >= 0.6 is 0 Å². The van der Waals surface area contributed by atoms with Gasteiger partial charge in [-0.3, -0.25) is 4.79 Å². The highest BCUT2D eigenvalue weighted by atomic mass is 16.4. The van der Waals surface area contributed by atoms with Gasteiger partial charge in [0, 0.05) is 0 Å². The highest BCUT2D eigenvalue weighted by molar-refractivity contribution is 5.83. The maximum Gasteiger partial charge on any atom is 0.310 e. The zero-order valence-electron chi connectivity index (χ0n) is 11.3. The largest absolute Gasteiger partial charge is 0.481 e. The molecule has 0 aliphatic heterocycles. The van der Waals surface area contributed by atoms with E-state index in [0.29, 0.717) is 23.7 Å². The Kier molecular flexibility index (Phi) is 1.66. The summed E-state index contributed by atoms with van der Waals surface area (Å²) < 4.78 is 0. The van der Waals surface area contributed by atoms with Gasteiger partial charge in [0.1, 0.15) is 0 Å². The molecule has 5 rings (SSSR count). The van der Waals surface area contributed by atoms with Gasteiger partial charge < -0.3 is 10.2 Å². The molecule has 6 bridgehead atoms. The van der Waals surface area contributed by atoms with Crippen molar-refractivity contribution < 1.29 is 15.0 Å². The van der Waals surface area contributed by atoms with Crippen LogP contribution in [0, 0.1) is 39.9 Å². The van der Waals surface area contributed by atoms with Crippen LogP contribution < -0.4 is 0 Å². The summed E-state index contributed by atoms with van der Waals surface area (Å²) >= 11 is 0. The number of carboxylic acids is 1. The zero-order chi connectivity index (χ0) is 13.1. The summed E-state index contributed by atoms with van der Waals surface area (Å²) in [5.74, 6) is 1.13. The molecule has 0 unspecified atom stereocenters. The lowest BCUT2D eigenvalue weighted by Gasteiger charge is -2.37. The smallest absolute Gasteiger partial charge is 0.310 e. The molecule has 0 amide bonds. The number of carbonyl (C=O) groups is 1. The van der Waals surface area contributed by atoms with Crippen molar-refractivity contribution in [1.29, 1.82) is 0 Å². The van der Waals surface area contributed by atoms with Crippen LogP contribution in [-0.4, -0.2) is 22.3 Å². The molecule has 7 atom stereocenters. The third-order valence-corrected chi connectivity index (χ3v) is 7.54. The molecule has 0 heterocycles. The van der Waals surface area contributed by atoms with Gasteiger partial charge in [0.05, 0.1) is 11.5 Å². The van der Waals surface area contributed by atoms with Crippen molar-refractivity contribution in [3.63, 3.8) is 0 Å². The van der Waals surface area contributed by atoms with Gasteiger partial charge in [-0.15, -0.1) is 0 Å². The molecule has 5 aliphatic carbocycles. The summed E-state index contributed by atoms with van der Waals surface area (Å²) in [6.07, 6.45) is 2.48. The minimum Gasteiger partial charge on any atom is -0.481 e. The molecule has 2 N–H and O–H groups in total. The van der Waals surface area contributed by atoms with E-state index >= 15 is 0 Å². The molecule has 0 aromatic heterocycles. The molecule has 100 valence electrons. The van der Waals surface area contributed by atoms with Crippen molar-refractivity contribution in [2.75, 3.05) is 0 Å². The molecule has 0 radical (unpaired) electrons. The molecular weight excluding hydrogens is 228 g/mol. The number of aliphatic hydroxyl groups is 1. The van der Waals surface area contributed by atoms with Crippen LogP contribution in [0.1, 0.15) is 40.0 Å². The Morgan fingerprint density at radius 1 is 1.17 bits per heavy atom. The van der Waals surface area contributed by atoms with Gasteiger partial charge in [-0.2, -0.15) is 0 Å². The van der Waals surface area contributed by atoms with Crippen molar-refractivity contribution in [3.8, 4) is 0 Å². The van der Waals surface area contributed by atoms with Crippen molar-refractivity contribution in [1.82, 2.24) is 0 Å². The van der Waals surface area contributed by atoms with Crippen LogP contribution in [0.15, 0.2) is 0 Å². The van der Waals surface area contributed by atoms with E-state index in [-0.39, 0.29) is 16.9 Å². The van der Waals surface area contributed by atoms with Crippen LogP contribution in [0.25, 0.3) is 0 Å². The molecule has 3 heteroatoms. The standard InChI is InChI=1S/C15H22O3/c1-13(2)9(16)4-5-14(3)7-6-8-11(10(7)13)15(8,14)12(17)18/h7-11,16H,4-6H2,1-3H3,(H,17,18)/t7-,8-,9+,10-,11-,14+,15+/m1/s1. The third kappa shape index (κ3) is 0.774. The fourth-order valence-corrected chi connectivity index (χ4v) is 6.74. The molecule has 18 heavy (non-hydrogen) atoms. The van der Waals surface area contributed by atoms with Gasteiger partial charge in [-0.25, -0.2) is 0 Å². The fourth-order valence-electron chi connectivity index (χ4n) is 6.74. The first kappa shape index (κ1) is 11.3. The highest BCUT2D eigenvalue weighted by Gasteiger charge is 2.92. The number of aliphatic hydroxyl groups excluding tert-OH is 1. The van der Waals surface area contributed by atoms with Gasteiger partial charge in [-0.05, 0) is 53.8 Å². The van der Waals surface area contributed by atoms with E-state index in [1.54, 1.807) is 0 Å². The second kappa shape index (κ2) is 2.65. The molecule has 5 saturated carbocycles. The van der Waals surface area contributed by atoms with E-state index in [4.69, 9.17) is 0 Å². The summed E-state index contributed by atoms with van der Waals surface area (Å²) in [7, 11) is 0. The van der Waals surface area contributed by atoms with Crippen LogP contribution in [0.2, 0.25) is 0 Å². The van der Waals surface area contributed by atoms with E-state index in [1.807, 2.05) is 0 Å². The Morgan fingerprint density at radius 3 is 2.44 bits per heavy atom. The molecular formula is C15H22O3. The lowest BCUT2D eigenvalue weighted by atomic mass is 9.68. The number of aliphatic carboxylic acids is 1. The van der Waals surface area contributed by atoms with Gasteiger partial charge >= 0.3 is 5.97 Å².